The summed E-state index contributed by atoms with van der Waals surface area (Å²) in [7, 11) is 0. The van der Waals surface area contributed by atoms with E-state index >= 15 is 0 Å². The van der Waals surface area contributed by atoms with Gasteiger partial charge < -0.3 is 20.4 Å². The first-order chi connectivity index (χ1) is 22.2. The molecule has 3 amide bonds. The van der Waals surface area contributed by atoms with Crippen molar-refractivity contribution in [2.45, 2.75) is 30.9 Å². The van der Waals surface area contributed by atoms with Gasteiger partial charge in [-0.2, -0.15) is 0 Å². The third-order valence-corrected chi connectivity index (χ3v) is 8.62. The Hall–Kier alpha value is -5.05. The minimum Gasteiger partial charge on any atom is -0.457 e. The number of rotatable bonds is 10. The summed E-state index contributed by atoms with van der Waals surface area (Å²) < 4.78 is 6.00. The first kappa shape index (κ1) is 32.3. The lowest BCUT2D eigenvalue weighted by Gasteiger charge is -2.15. The fourth-order valence-electron chi connectivity index (χ4n) is 4.44. The molecular formula is C37H32ClN3O4S. The highest BCUT2D eigenvalue weighted by Gasteiger charge is 2.18. The second-order valence-corrected chi connectivity index (χ2v) is 12.4. The number of anilines is 2. The Morgan fingerprint density at radius 3 is 2.24 bits per heavy atom. The normalized spacial score (nSPS) is 11.9. The highest BCUT2D eigenvalue weighted by Crippen LogP contribution is 2.28. The third-order valence-electron chi connectivity index (χ3n) is 7.10. The summed E-state index contributed by atoms with van der Waals surface area (Å²) in [6.45, 7) is 5.69. The Morgan fingerprint density at radius 1 is 0.804 bits per heavy atom. The summed E-state index contributed by atoms with van der Waals surface area (Å²) in [5.41, 5.74) is 4.45. The van der Waals surface area contributed by atoms with Crippen LogP contribution >= 0.6 is 23.4 Å². The van der Waals surface area contributed by atoms with E-state index < -0.39 is 11.8 Å². The van der Waals surface area contributed by atoms with Gasteiger partial charge in [0.15, 0.2) is 0 Å². The van der Waals surface area contributed by atoms with Crippen molar-refractivity contribution in [3.8, 4) is 11.3 Å². The van der Waals surface area contributed by atoms with Gasteiger partial charge >= 0.3 is 0 Å². The molecule has 0 unspecified atom stereocenters. The summed E-state index contributed by atoms with van der Waals surface area (Å²) in [4.78, 5) is 40.1. The van der Waals surface area contributed by atoms with Gasteiger partial charge in [0.05, 0.1) is 5.25 Å². The summed E-state index contributed by atoms with van der Waals surface area (Å²) in [6, 6.07) is 32.6. The van der Waals surface area contributed by atoms with Crippen molar-refractivity contribution in [1.82, 2.24) is 5.32 Å². The first-order valence-corrected chi connectivity index (χ1v) is 15.8. The van der Waals surface area contributed by atoms with Gasteiger partial charge in [0.2, 0.25) is 5.91 Å². The molecule has 0 fully saturated rings. The smallest absolute Gasteiger partial charge is 0.272 e. The van der Waals surface area contributed by atoms with Crippen LogP contribution in [0.15, 0.2) is 124 Å². The fraction of sp³-hybridized carbons (Fsp3) is 0.108. The van der Waals surface area contributed by atoms with Gasteiger partial charge in [-0.3, -0.25) is 14.4 Å². The van der Waals surface area contributed by atoms with E-state index in [0.29, 0.717) is 33.5 Å². The number of amides is 3. The van der Waals surface area contributed by atoms with Crippen molar-refractivity contribution in [2.75, 3.05) is 10.6 Å². The number of aryl methyl sites for hydroxylation is 1. The number of nitrogens with one attached hydrogen (secondary N) is 3. The van der Waals surface area contributed by atoms with Crippen molar-refractivity contribution in [3.05, 3.63) is 142 Å². The van der Waals surface area contributed by atoms with Gasteiger partial charge in [-0.05, 0) is 87.0 Å². The highest BCUT2D eigenvalue weighted by molar-refractivity contribution is 8.00. The molecule has 232 valence electrons. The molecule has 5 aromatic rings. The minimum atomic E-state index is -0.525. The van der Waals surface area contributed by atoms with E-state index in [-0.39, 0.29) is 16.9 Å². The summed E-state index contributed by atoms with van der Waals surface area (Å²) in [5.74, 6) is -0.0674. The Kier molecular flexibility index (Phi) is 10.4. The van der Waals surface area contributed by atoms with E-state index in [1.54, 1.807) is 54.6 Å². The quantitative estimate of drug-likeness (QED) is 0.104. The van der Waals surface area contributed by atoms with Gasteiger partial charge in [-0.1, -0.05) is 65.7 Å². The largest absolute Gasteiger partial charge is 0.457 e. The van der Waals surface area contributed by atoms with E-state index in [2.05, 4.69) is 16.0 Å². The van der Waals surface area contributed by atoms with Crippen LogP contribution in [0.2, 0.25) is 5.02 Å². The van der Waals surface area contributed by atoms with E-state index in [1.165, 1.54) is 17.8 Å². The van der Waals surface area contributed by atoms with Crippen molar-refractivity contribution in [2.24, 2.45) is 0 Å². The van der Waals surface area contributed by atoms with E-state index in [4.69, 9.17) is 16.0 Å². The molecule has 7 nitrogen and oxygen atoms in total. The molecule has 1 aromatic heterocycles. The molecule has 0 radical (unpaired) electrons. The second-order valence-electron chi connectivity index (χ2n) is 10.6. The Labute approximate surface area is 277 Å². The lowest BCUT2D eigenvalue weighted by molar-refractivity contribution is -0.115. The van der Waals surface area contributed by atoms with Crippen LogP contribution in [0.25, 0.3) is 17.4 Å². The number of benzene rings is 4. The average Bonchev–Trinajstić information content (AvgIpc) is 3.53. The van der Waals surface area contributed by atoms with Crippen LogP contribution in [0.5, 0.6) is 0 Å². The highest BCUT2D eigenvalue weighted by atomic mass is 35.5. The van der Waals surface area contributed by atoms with Crippen LogP contribution in [0, 0.1) is 13.8 Å². The maximum atomic E-state index is 13.5. The zero-order chi connectivity index (χ0) is 32.6. The molecule has 5 rings (SSSR count). The Bertz CT molecular complexity index is 1880. The number of carbonyl (C=O) groups is 3. The van der Waals surface area contributed by atoms with Gasteiger partial charge in [-0.15, -0.1) is 11.8 Å². The predicted molar refractivity (Wildman–Crippen MR) is 186 cm³/mol. The Morgan fingerprint density at radius 2 is 1.52 bits per heavy atom. The van der Waals surface area contributed by atoms with Gasteiger partial charge in [0.1, 0.15) is 17.2 Å². The zero-order valence-electron chi connectivity index (χ0n) is 25.5. The number of hydrogen-bond donors (Lipinski definition) is 3. The molecule has 4 aromatic carbocycles. The molecule has 0 saturated heterocycles. The monoisotopic (exact) mass is 649 g/mol. The second kappa shape index (κ2) is 14.8. The van der Waals surface area contributed by atoms with Crippen molar-refractivity contribution in [3.63, 3.8) is 0 Å². The molecule has 0 aliphatic rings. The van der Waals surface area contributed by atoms with Crippen LogP contribution in [0.1, 0.15) is 34.2 Å². The SMILES string of the molecule is Cc1ccc(-c2ccc(/C=C(\NC(=O)c3ccccc3)C(=O)Nc3ccc(S[C@@H](C)C(=O)Nc4cccc(Cl)c4C)cc3)o2)cc1. The van der Waals surface area contributed by atoms with Crippen LogP contribution in [-0.4, -0.2) is 23.0 Å². The maximum Gasteiger partial charge on any atom is 0.272 e. The molecule has 0 spiro atoms. The molecule has 0 aliphatic carbocycles. The van der Waals surface area contributed by atoms with Gasteiger partial charge in [0, 0.05) is 38.5 Å². The molecule has 0 saturated carbocycles. The predicted octanol–water partition coefficient (Wildman–Crippen LogP) is 8.75. The van der Waals surface area contributed by atoms with Crippen molar-refractivity contribution < 1.29 is 18.8 Å². The lowest BCUT2D eigenvalue weighted by Crippen LogP contribution is -2.30. The average molecular weight is 650 g/mol. The van der Waals surface area contributed by atoms with Crippen LogP contribution in [0.4, 0.5) is 11.4 Å². The standard InChI is InChI=1S/C37H32ClN3O4S/c1-23-12-14-26(15-13-23)34-21-18-29(45-34)22-33(41-36(43)27-8-5-4-6-9-27)37(44)39-28-16-19-30(20-17-28)46-25(3)35(42)40-32-11-7-10-31(38)24(32)2/h4-22,25H,1-3H3,(H,39,44)(H,40,42)(H,41,43)/b33-22-/t25-/m0/s1. The fourth-order valence-corrected chi connectivity index (χ4v) is 5.48. The molecular weight excluding hydrogens is 618 g/mol. The molecule has 46 heavy (non-hydrogen) atoms. The van der Waals surface area contributed by atoms with Crippen LogP contribution in [-0.2, 0) is 9.59 Å². The number of halogens is 1. The van der Waals surface area contributed by atoms with Crippen LogP contribution in [0.3, 0.4) is 0 Å². The molecule has 1 atom stereocenters. The maximum absolute atomic E-state index is 13.5. The number of carbonyl (C=O) groups excluding carboxylic acids is 3. The van der Waals surface area contributed by atoms with Crippen molar-refractivity contribution >= 4 is 58.5 Å². The topological polar surface area (TPSA) is 100 Å². The zero-order valence-corrected chi connectivity index (χ0v) is 27.0. The number of furan rings is 1. The van der Waals surface area contributed by atoms with Crippen LogP contribution < -0.4 is 16.0 Å². The molecule has 0 bridgehead atoms. The van der Waals surface area contributed by atoms with Gasteiger partial charge in [-0.25, -0.2) is 0 Å². The molecule has 0 aliphatic heterocycles. The van der Waals surface area contributed by atoms with Gasteiger partial charge in [0.25, 0.3) is 11.8 Å². The first-order valence-electron chi connectivity index (χ1n) is 14.6. The molecule has 1 heterocycles. The van der Waals surface area contributed by atoms with E-state index in [1.807, 2.05) is 75.4 Å². The summed E-state index contributed by atoms with van der Waals surface area (Å²) in [6.07, 6.45) is 1.50. The third kappa shape index (κ3) is 8.35. The minimum absolute atomic E-state index is 0.0127. The summed E-state index contributed by atoms with van der Waals surface area (Å²) >= 11 is 7.57. The molecule has 9 heteroatoms. The lowest BCUT2D eigenvalue weighted by atomic mass is 10.1. The van der Waals surface area contributed by atoms with E-state index in [0.717, 1.165) is 21.6 Å². The number of thioether (sulfide) groups is 1. The van der Waals surface area contributed by atoms with Crippen molar-refractivity contribution in [1.29, 1.82) is 0 Å². The Balaban J connectivity index is 1.28. The number of hydrogen-bond acceptors (Lipinski definition) is 5. The summed E-state index contributed by atoms with van der Waals surface area (Å²) in [5, 5.41) is 8.71. The molecule has 3 N–H and O–H groups in total. The van der Waals surface area contributed by atoms with E-state index in [9.17, 15) is 14.4 Å².